The van der Waals surface area contributed by atoms with Gasteiger partial charge in [0.15, 0.2) is 0 Å². The molecule has 0 fully saturated rings. The Bertz CT molecular complexity index is 867. The van der Waals surface area contributed by atoms with E-state index >= 15 is 0 Å². The number of amides is 1. The SMILES string of the molecule is Cc1nnsc1C(=O)NCC(c1cn(C)c2ccccc12)N(C)C. The van der Waals surface area contributed by atoms with Gasteiger partial charge in [0, 0.05) is 30.7 Å². The van der Waals surface area contributed by atoms with E-state index in [1.165, 1.54) is 16.5 Å². The van der Waals surface area contributed by atoms with Crippen LogP contribution in [-0.2, 0) is 7.05 Å². The van der Waals surface area contributed by atoms with Gasteiger partial charge in [0.1, 0.15) is 4.88 Å². The molecule has 0 radical (unpaired) electrons. The highest BCUT2D eigenvalue weighted by Crippen LogP contribution is 2.28. The topological polar surface area (TPSA) is 63.1 Å². The van der Waals surface area contributed by atoms with Gasteiger partial charge in [-0.05, 0) is 44.2 Å². The lowest BCUT2D eigenvalue weighted by molar-refractivity contribution is 0.0945. The minimum absolute atomic E-state index is 0.0845. The molecule has 0 aliphatic heterocycles. The second kappa shape index (κ2) is 6.70. The standard InChI is InChI=1S/C17H21N5OS/c1-11-16(24-20-19-11)17(23)18-9-15(21(2)3)13-10-22(4)14-8-6-5-7-12(13)14/h5-8,10,15H,9H2,1-4H3,(H,18,23). The molecule has 3 aromatic rings. The van der Waals surface area contributed by atoms with E-state index in [-0.39, 0.29) is 11.9 Å². The highest BCUT2D eigenvalue weighted by molar-refractivity contribution is 7.07. The number of para-hydroxylation sites is 1. The number of likely N-dealkylation sites (N-methyl/N-ethyl adjacent to an activating group) is 1. The number of aromatic nitrogens is 3. The lowest BCUT2D eigenvalue weighted by atomic mass is 10.0. The fraction of sp³-hybridized carbons (Fsp3) is 0.353. The Morgan fingerprint density at radius 3 is 2.79 bits per heavy atom. The number of hydrogen-bond donors (Lipinski definition) is 1. The Labute approximate surface area is 145 Å². The van der Waals surface area contributed by atoms with Crippen LogP contribution in [-0.4, -0.2) is 45.6 Å². The van der Waals surface area contributed by atoms with E-state index in [0.29, 0.717) is 17.1 Å². The summed E-state index contributed by atoms with van der Waals surface area (Å²) in [4.78, 5) is 15.0. The number of benzene rings is 1. The smallest absolute Gasteiger partial charge is 0.265 e. The van der Waals surface area contributed by atoms with E-state index in [1.807, 2.05) is 33.3 Å². The summed E-state index contributed by atoms with van der Waals surface area (Å²) in [7, 11) is 6.10. The summed E-state index contributed by atoms with van der Waals surface area (Å²) in [6, 6.07) is 8.40. The van der Waals surface area contributed by atoms with Crippen molar-refractivity contribution < 1.29 is 4.79 Å². The zero-order valence-electron chi connectivity index (χ0n) is 14.3. The lowest BCUT2D eigenvalue weighted by Crippen LogP contribution is -2.34. The summed E-state index contributed by atoms with van der Waals surface area (Å²) in [5.41, 5.74) is 3.06. The van der Waals surface area contributed by atoms with Crippen molar-refractivity contribution in [3.05, 3.63) is 46.6 Å². The number of fused-ring (bicyclic) bond motifs is 1. The molecule has 1 aromatic carbocycles. The minimum atomic E-state index is -0.116. The van der Waals surface area contributed by atoms with Crippen molar-refractivity contribution in [2.75, 3.05) is 20.6 Å². The van der Waals surface area contributed by atoms with E-state index in [9.17, 15) is 4.79 Å². The maximum absolute atomic E-state index is 12.3. The molecule has 6 nitrogen and oxygen atoms in total. The average molecular weight is 343 g/mol. The molecule has 0 saturated heterocycles. The second-order valence-corrected chi connectivity index (χ2v) is 6.84. The molecule has 24 heavy (non-hydrogen) atoms. The molecule has 2 heterocycles. The molecular weight excluding hydrogens is 322 g/mol. The van der Waals surface area contributed by atoms with Crippen LogP contribution in [0.3, 0.4) is 0 Å². The van der Waals surface area contributed by atoms with E-state index < -0.39 is 0 Å². The van der Waals surface area contributed by atoms with Gasteiger partial charge in [-0.25, -0.2) is 0 Å². The number of carbonyl (C=O) groups excluding carboxylic acids is 1. The van der Waals surface area contributed by atoms with E-state index in [2.05, 4.69) is 42.7 Å². The zero-order valence-corrected chi connectivity index (χ0v) is 15.1. The predicted molar refractivity (Wildman–Crippen MR) is 96.3 cm³/mol. The summed E-state index contributed by atoms with van der Waals surface area (Å²) in [6.07, 6.45) is 2.14. The van der Waals surface area contributed by atoms with E-state index in [0.717, 1.165) is 11.5 Å². The summed E-state index contributed by atoms with van der Waals surface area (Å²) < 4.78 is 5.95. The van der Waals surface area contributed by atoms with Gasteiger partial charge in [-0.15, -0.1) is 5.10 Å². The largest absolute Gasteiger partial charge is 0.350 e. The summed E-state index contributed by atoms with van der Waals surface area (Å²) in [5.74, 6) is -0.116. The van der Waals surface area contributed by atoms with Crippen molar-refractivity contribution in [1.82, 2.24) is 24.4 Å². The quantitative estimate of drug-likeness (QED) is 0.772. The van der Waals surface area contributed by atoms with Crippen LogP contribution >= 0.6 is 11.5 Å². The maximum Gasteiger partial charge on any atom is 0.265 e. The predicted octanol–water partition coefficient (Wildman–Crippen LogP) is 2.37. The molecule has 0 spiro atoms. The second-order valence-electron chi connectivity index (χ2n) is 6.09. The van der Waals surface area contributed by atoms with Crippen molar-refractivity contribution in [3.8, 4) is 0 Å². The molecule has 2 aromatic heterocycles. The molecule has 0 aliphatic rings. The van der Waals surface area contributed by atoms with Crippen LogP contribution in [0, 0.1) is 6.92 Å². The van der Waals surface area contributed by atoms with Gasteiger partial charge in [0.25, 0.3) is 5.91 Å². The first-order valence-corrected chi connectivity index (χ1v) is 8.54. The van der Waals surface area contributed by atoms with Crippen LogP contribution in [0.2, 0.25) is 0 Å². The third-order valence-corrected chi connectivity index (χ3v) is 5.05. The number of carbonyl (C=O) groups is 1. The fourth-order valence-corrected chi connectivity index (χ4v) is 3.49. The van der Waals surface area contributed by atoms with Crippen molar-refractivity contribution >= 4 is 28.3 Å². The molecular formula is C17H21N5OS. The van der Waals surface area contributed by atoms with Gasteiger partial charge in [0.05, 0.1) is 11.7 Å². The first-order valence-electron chi connectivity index (χ1n) is 7.76. The lowest BCUT2D eigenvalue weighted by Gasteiger charge is -2.24. The number of hydrogen-bond acceptors (Lipinski definition) is 5. The van der Waals surface area contributed by atoms with Crippen molar-refractivity contribution in [2.45, 2.75) is 13.0 Å². The third kappa shape index (κ3) is 3.05. The van der Waals surface area contributed by atoms with Gasteiger partial charge in [-0.2, -0.15) is 0 Å². The van der Waals surface area contributed by atoms with Crippen LogP contribution < -0.4 is 5.32 Å². The molecule has 126 valence electrons. The average Bonchev–Trinajstić information content (AvgIpc) is 3.12. The number of rotatable bonds is 5. The Morgan fingerprint density at radius 2 is 2.12 bits per heavy atom. The summed E-state index contributed by atoms with van der Waals surface area (Å²) in [5, 5.41) is 8.13. The van der Waals surface area contributed by atoms with Crippen LogP contribution in [0.5, 0.6) is 0 Å². The molecule has 0 bridgehead atoms. The van der Waals surface area contributed by atoms with Crippen LogP contribution in [0.25, 0.3) is 10.9 Å². The third-order valence-electron chi connectivity index (χ3n) is 4.22. The van der Waals surface area contributed by atoms with Gasteiger partial charge in [0.2, 0.25) is 0 Å². The summed E-state index contributed by atoms with van der Waals surface area (Å²) >= 11 is 1.13. The molecule has 1 unspecified atom stereocenters. The maximum atomic E-state index is 12.3. The summed E-state index contributed by atoms with van der Waals surface area (Å²) in [6.45, 7) is 2.32. The highest BCUT2D eigenvalue weighted by atomic mass is 32.1. The van der Waals surface area contributed by atoms with Gasteiger partial charge in [-0.1, -0.05) is 22.7 Å². The van der Waals surface area contributed by atoms with Crippen molar-refractivity contribution in [3.63, 3.8) is 0 Å². The first kappa shape index (κ1) is 16.6. The van der Waals surface area contributed by atoms with Crippen LogP contribution in [0.1, 0.15) is 27.0 Å². The van der Waals surface area contributed by atoms with Crippen LogP contribution in [0.15, 0.2) is 30.5 Å². The Balaban J connectivity index is 1.85. The number of nitrogens with zero attached hydrogens (tertiary/aromatic N) is 4. The Kier molecular flexibility index (Phi) is 4.64. The monoisotopic (exact) mass is 343 g/mol. The Hall–Kier alpha value is -2.25. The zero-order chi connectivity index (χ0) is 17.3. The molecule has 0 saturated carbocycles. The molecule has 1 N–H and O–H groups in total. The van der Waals surface area contributed by atoms with E-state index in [4.69, 9.17) is 0 Å². The minimum Gasteiger partial charge on any atom is -0.350 e. The first-order chi connectivity index (χ1) is 11.5. The van der Waals surface area contributed by atoms with Gasteiger partial charge in [-0.3, -0.25) is 4.79 Å². The molecule has 1 amide bonds. The molecule has 0 aliphatic carbocycles. The molecule has 7 heteroatoms. The Morgan fingerprint density at radius 1 is 1.38 bits per heavy atom. The number of aryl methyl sites for hydroxylation is 2. The fourth-order valence-electron chi connectivity index (χ4n) is 2.92. The molecule has 3 rings (SSSR count). The normalized spacial score (nSPS) is 12.7. The highest BCUT2D eigenvalue weighted by Gasteiger charge is 2.21. The van der Waals surface area contributed by atoms with Crippen molar-refractivity contribution in [2.24, 2.45) is 7.05 Å². The molecule has 1 atom stereocenters. The number of nitrogens with one attached hydrogen (secondary N) is 1. The van der Waals surface area contributed by atoms with Gasteiger partial charge >= 0.3 is 0 Å². The van der Waals surface area contributed by atoms with E-state index in [1.54, 1.807) is 6.92 Å². The van der Waals surface area contributed by atoms with Crippen LogP contribution in [0.4, 0.5) is 0 Å². The van der Waals surface area contributed by atoms with Gasteiger partial charge < -0.3 is 14.8 Å². The van der Waals surface area contributed by atoms with Crippen molar-refractivity contribution in [1.29, 1.82) is 0 Å².